The van der Waals surface area contributed by atoms with Gasteiger partial charge in [-0.3, -0.25) is 0 Å². The van der Waals surface area contributed by atoms with Gasteiger partial charge in [-0.2, -0.15) is 0 Å². The van der Waals surface area contributed by atoms with Crippen LogP contribution in [0.25, 0.3) is 5.57 Å². The lowest BCUT2D eigenvalue weighted by atomic mass is 10.1. The van der Waals surface area contributed by atoms with Gasteiger partial charge in [-0.15, -0.1) is 13.2 Å². The Balaban J connectivity index is 2.88. The molecule has 0 radical (unpaired) electrons. The molecule has 0 saturated heterocycles. The molecule has 0 unspecified atom stereocenters. The summed E-state index contributed by atoms with van der Waals surface area (Å²) in [5.74, 6) is 0. The highest BCUT2D eigenvalue weighted by molar-refractivity contribution is 5.64. The number of nitrogens with zero attached hydrogens (tertiary/aromatic N) is 1. The van der Waals surface area contributed by atoms with Crippen LogP contribution in [0, 0.1) is 0 Å². The van der Waals surface area contributed by atoms with Gasteiger partial charge in [0.25, 0.3) is 0 Å². The number of anilines is 1. The summed E-state index contributed by atoms with van der Waals surface area (Å²) < 4.78 is 0. The van der Waals surface area contributed by atoms with Crippen molar-refractivity contribution in [1.29, 1.82) is 0 Å². The molecule has 0 spiro atoms. The molecule has 16 heavy (non-hydrogen) atoms. The molecule has 1 nitrogen and oxygen atoms in total. The fourth-order valence-electron chi connectivity index (χ4n) is 1.55. The lowest BCUT2D eigenvalue weighted by Crippen LogP contribution is -2.22. The lowest BCUT2D eigenvalue weighted by Gasteiger charge is -2.21. The Morgan fingerprint density at radius 3 is 2.00 bits per heavy atom. The summed E-state index contributed by atoms with van der Waals surface area (Å²) >= 11 is 0. The first-order valence-corrected chi connectivity index (χ1v) is 5.41. The van der Waals surface area contributed by atoms with Crippen LogP contribution in [0.2, 0.25) is 0 Å². The monoisotopic (exact) mass is 213 g/mol. The molecule has 0 heterocycles. The molecule has 0 aliphatic carbocycles. The molecule has 0 N–H and O–H groups in total. The molecular formula is C15H19N. The number of hydrogen-bond acceptors (Lipinski definition) is 1. The fourth-order valence-corrected chi connectivity index (χ4v) is 1.55. The molecule has 0 aliphatic rings. The maximum Gasteiger partial charge on any atom is 0.0372 e. The third kappa shape index (κ3) is 3.13. The highest BCUT2D eigenvalue weighted by Crippen LogP contribution is 2.18. The normalized spacial score (nSPS) is 9.56. The molecular weight excluding hydrogens is 194 g/mol. The summed E-state index contributed by atoms with van der Waals surface area (Å²) in [6.07, 6.45) is 3.80. The van der Waals surface area contributed by atoms with Gasteiger partial charge in [0.05, 0.1) is 0 Å². The average molecular weight is 213 g/mol. The standard InChI is InChI=1S/C15H19N/c1-5-11-16(12-6-2)15-9-7-14(8-10-15)13(3)4/h5-10H,1-3,11-12H2,4H3. The van der Waals surface area contributed by atoms with Crippen molar-refractivity contribution in [2.75, 3.05) is 18.0 Å². The maximum absolute atomic E-state index is 3.93. The van der Waals surface area contributed by atoms with E-state index in [1.165, 1.54) is 11.3 Å². The molecule has 0 saturated carbocycles. The predicted molar refractivity (Wildman–Crippen MR) is 73.8 cm³/mol. The highest BCUT2D eigenvalue weighted by Gasteiger charge is 2.02. The zero-order valence-electron chi connectivity index (χ0n) is 9.95. The summed E-state index contributed by atoms with van der Waals surface area (Å²) in [4.78, 5) is 2.21. The number of rotatable bonds is 6. The summed E-state index contributed by atoms with van der Waals surface area (Å²) in [5, 5.41) is 0. The number of allylic oxidation sites excluding steroid dienone is 1. The first-order chi connectivity index (χ1) is 7.69. The number of benzene rings is 1. The van der Waals surface area contributed by atoms with Crippen LogP contribution in [0.15, 0.2) is 56.2 Å². The van der Waals surface area contributed by atoms with Crippen LogP contribution < -0.4 is 4.90 Å². The van der Waals surface area contributed by atoms with E-state index in [2.05, 4.69) is 48.9 Å². The molecule has 0 aliphatic heterocycles. The molecule has 0 amide bonds. The van der Waals surface area contributed by atoms with Crippen LogP contribution in [0.1, 0.15) is 12.5 Å². The average Bonchev–Trinajstić information content (AvgIpc) is 2.29. The molecule has 84 valence electrons. The van der Waals surface area contributed by atoms with Crippen molar-refractivity contribution < 1.29 is 0 Å². The van der Waals surface area contributed by atoms with Crippen LogP contribution in [0.3, 0.4) is 0 Å². The first-order valence-electron chi connectivity index (χ1n) is 5.41. The van der Waals surface area contributed by atoms with Crippen LogP contribution in [0.4, 0.5) is 5.69 Å². The summed E-state index contributed by atoms with van der Waals surface area (Å²) in [6, 6.07) is 8.40. The van der Waals surface area contributed by atoms with E-state index in [-0.39, 0.29) is 0 Å². The van der Waals surface area contributed by atoms with E-state index in [1.54, 1.807) is 0 Å². The molecule has 0 atom stereocenters. The largest absolute Gasteiger partial charge is 0.364 e. The fraction of sp³-hybridized carbons (Fsp3) is 0.200. The zero-order valence-corrected chi connectivity index (χ0v) is 9.95. The first kappa shape index (κ1) is 12.3. The maximum atomic E-state index is 3.93. The molecule has 1 aromatic carbocycles. The zero-order chi connectivity index (χ0) is 12.0. The second-order valence-electron chi connectivity index (χ2n) is 3.81. The summed E-state index contributed by atoms with van der Waals surface area (Å²) in [7, 11) is 0. The van der Waals surface area contributed by atoms with Gasteiger partial charge in [0.2, 0.25) is 0 Å². The van der Waals surface area contributed by atoms with Crippen molar-refractivity contribution in [2.24, 2.45) is 0 Å². The van der Waals surface area contributed by atoms with Gasteiger partial charge >= 0.3 is 0 Å². The van der Waals surface area contributed by atoms with Gasteiger partial charge in [-0.05, 0) is 24.6 Å². The van der Waals surface area contributed by atoms with E-state index in [0.717, 1.165) is 18.7 Å². The van der Waals surface area contributed by atoms with E-state index >= 15 is 0 Å². The number of hydrogen-bond donors (Lipinski definition) is 0. The Morgan fingerprint density at radius 1 is 1.12 bits per heavy atom. The Kier molecular flexibility index (Phi) is 4.59. The smallest absolute Gasteiger partial charge is 0.0372 e. The molecule has 1 heteroatoms. The third-order valence-corrected chi connectivity index (χ3v) is 2.42. The van der Waals surface area contributed by atoms with Crippen LogP contribution in [0.5, 0.6) is 0 Å². The van der Waals surface area contributed by atoms with E-state index in [9.17, 15) is 0 Å². The Hall–Kier alpha value is -1.76. The lowest BCUT2D eigenvalue weighted by molar-refractivity contribution is 0.957. The summed E-state index contributed by atoms with van der Waals surface area (Å²) in [5.41, 5.74) is 3.45. The van der Waals surface area contributed by atoms with E-state index in [0.29, 0.717) is 0 Å². The molecule has 0 bridgehead atoms. The van der Waals surface area contributed by atoms with Crippen molar-refractivity contribution in [2.45, 2.75) is 6.92 Å². The SMILES string of the molecule is C=CCN(CC=C)c1ccc(C(=C)C)cc1. The van der Waals surface area contributed by atoms with E-state index in [1.807, 2.05) is 19.1 Å². The van der Waals surface area contributed by atoms with Crippen molar-refractivity contribution in [3.8, 4) is 0 Å². The minimum Gasteiger partial charge on any atom is -0.364 e. The second-order valence-corrected chi connectivity index (χ2v) is 3.81. The van der Waals surface area contributed by atoms with E-state index < -0.39 is 0 Å². The van der Waals surface area contributed by atoms with Gasteiger partial charge < -0.3 is 4.90 Å². The van der Waals surface area contributed by atoms with E-state index in [4.69, 9.17) is 0 Å². The summed E-state index contributed by atoms with van der Waals surface area (Å²) in [6.45, 7) is 15.1. The van der Waals surface area contributed by atoms with Gasteiger partial charge in [0, 0.05) is 18.8 Å². The molecule has 0 aromatic heterocycles. The molecule has 1 aromatic rings. The quantitative estimate of drug-likeness (QED) is 0.648. The van der Waals surface area contributed by atoms with Gasteiger partial charge in [-0.1, -0.05) is 36.4 Å². The molecule has 1 rings (SSSR count). The van der Waals surface area contributed by atoms with Gasteiger partial charge in [0.1, 0.15) is 0 Å². The topological polar surface area (TPSA) is 3.24 Å². The second kappa shape index (κ2) is 5.96. The van der Waals surface area contributed by atoms with Crippen molar-refractivity contribution in [1.82, 2.24) is 0 Å². The van der Waals surface area contributed by atoms with Crippen molar-refractivity contribution >= 4 is 11.3 Å². The minimum absolute atomic E-state index is 0.832. The molecule has 0 fully saturated rings. The predicted octanol–water partition coefficient (Wildman–Crippen LogP) is 3.90. The Labute approximate surface area is 98.4 Å². The van der Waals surface area contributed by atoms with Crippen molar-refractivity contribution in [3.63, 3.8) is 0 Å². The van der Waals surface area contributed by atoms with Gasteiger partial charge in [-0.25, -0.2) is 0 Å². The highest BCUT2D eigenvalue weighted by atomic mass is 15.1. The minimum atomic E-state index is 0.832. The van der Waals surface area contributed by atoms with Crippen LogP contribution >= 0.6 is 0 Å². The third-order valence-electron chi connectivity index (χ3n) is 2.42. The van der Waals surface area contributed by atoms with Gasteiger partial charge in [0.15, 0.2) is 0 Å². The Morgan fingerprint density at radius 2 is 1.62 bits per heavy atom. The van der Waals surface area contributed by atoms with Crippen LogP contribution in [-0.2, 0) is 0 Å². The van der Waals surface area contributed by atoms with Crippen molar-refractivity contribution in [3.05, 3.63) is 61.7 Å². The van der Waals surface area contributed by atoms with Crippen LogP contribution in [-0.4, -0.2) is 13.1 Å². The Bertz CT molecular complexity index is 363.